The molecular weight excluding hydrogens is 305 g/mol. The molecule has 0 heterocycles. The largest absolute Gasteiger partial charge is 0.446 e. The number of hydrogen-bond donors (Lipinski definition) is 0. The number of alkyl halides is 4. The minimum Gasteiger partial charge on any atom is -0.298 e. The molecule has 0 fully saturated rings. The van der Waals surface area contributed by atoms with Gasteiger partial charge in [0.1, 0.15) is 5.38 Å². The Hall–Kier alpha value is -0.330. The van der Waals surface area contributed by atoms with Crippen molar-refractivity contribution in [3.63, 3.8) is 0 Å². The van der Waals surface area contributed by atoms with Crippen LogP contribution >= 0.6 is 35.1 Å². The number of hydrogen-bond acceptors (Lipinski definition) is 3. The van der Waals surface area contributed by atoms with Crippen molar-refractivity contribution < 1.29 is 18.0 Å². The molecule has 1 aromatic rings. The molecule has 100 valence electrons. The first-order valence-electron chi connectivity index (χ1n) is 4.83. The Kier molecular flexibility index (Phi) is 5.43. The molecule has 0 aliphatic heterocycles. The van der Waals surface area contributed by atoms with Crippen molar-refractivity contribution in [3.8, 4) is 0 Å². The predicted octanol–water partition coefficient (Wildman–Crippen LogP) is 4.89. The van der Waals surface area contributed by atoms with Crippen molar-refractivity contribution in [1.29, 1.82) is 0 Å². The van der Waals surface area contributed by atoms with Gasteiger partial charge in [-0.15, -0.1) is 23.4 Å². The molecule has 0 aliphatic carbocycles. The third-order valence-electron chi connectivity index (χ3n) is 2.06. The minimum atomic E-state index is -4.33. The highest BCUT2D eigenvalue weighted by Gasteiger charge is 2.30. The van der Waals surface area contributed by atoms with E-state index in [1.54, 1.807) is 6.26 Å². The Balaban J connectivity index is 3.07. The molecule has 0 bridgehead atoms. The van der Waals surface area contributed by atoms with Crippen molar-refractivity contribution in [1.82, 2.24) is 0 Å². The summed E-state index contributed by atoms with van der Waals surface area (Å²) in [5.74, 6) is -0.236. The quantitative estimate of drug-likeness (QED) is 0.582. The normalized spacial score (nSPS) is 13.4. The molecule has 0 radical (unpaired) electrons. The summed E-state index contributed by atoms with van der Waals surface area (Å²) in [7, 11) is 0. The number of halogens is 4. The lowest BCUT2D eigenvalue weighted by Gasteiger charge is -2.12. The summed E-state index contributed by atoms with van der Waals surface area (Å²) in [6.07, 6.45) is 1.68. The van der Waals surface area contributed by atoms with Crippen molar-refractivity contribution in [2.45, 2.75) is 27.6 Å². The van der Waals surface area contributed by atoms with Crippen molar-refractivity contribution in [2.24, 2.45) is 0 Å². The monoisotopic (exact) mass is 314 g/mol. The zero-order chi connectivity index (χ0) is 13.9. The average Bonchev–Trinajstić information content (AvgIpc) is 2.26. The van der Waals surface area contributed by atoms with Crippen LogP contribution in [0.1, 0.15) is 17.9 Å². The van der Waals surface area contributed by atoms with Gasteiger partial charge in [0.25, 0.3) is 0 Å². The van der Waals surface area contributed by atoms with E-state index >= 15 is 0 Å². The molecule has 0 aromatic heterocycles. The third kappa shape index (κ3) is 4.40. The number of Topliss-reactive ketones (excluding diaryl/α,β-unsaturated/α-hetero) is 1. The second-order valence-corrected chi connectivity index (χ2v) is 5.82. The zero-order valence-electron chi connectivity index (χ0n) is 9.55. The maximum Gasteiger partial charge on any atom is 0.446 e. The molecule has 1 nitrogen and oxygen atoms in total. The van der Waals surface area contributed by atoms with E-state index in [1.807, 2.05) is 0 Å². The molecule has 0 N–H and O–H groups in total. The lowest BCUT2D eigenvalue weighted by molar-refractivity contribution is -0.116. The summed E-state index contributed by atoms with van der Waals surface area (Å²) in [5.41, 5.74) is -3.81. The molecule has 1 rings (SSSR count). The van der Waals surface area contributed by atoms with Gasteiger partial charge in [0.2, 0.25) is 0 Å². The number of benzene rings is 1. The van der Waals surface area contributed by atoms with Gasteiger partial charge in [-0.25, -0.2) is 0 Å². The number of carbonyl (C=O) groups excluding carboxylic acids is 1. The van der Waals surface area contributed by atoms with Crippen LogP contribution in [0, 0.1) is 0 Å². The van der Waals surface area contributed by atoms with Crippen LogP contribution in [-0.2, 0) is 4.79 Å². The van der Waals surface area contributed by atoms with Gasteiger partial charge in [-0.2, -0.15) is 13.2 Å². The molecule has 1 aromatic carbocycles. The van der Waals surface area contributed by atoms with Crippen LogP contribution in [0.25, 0.3) is 0 Å². The first-order valence-corrected chi connectivity index (χ1v) is 7.30. The molecule has 0 amide bonds. The maximum absolute atomic E-state index is 12.3. The highest BCUT2D eigenvalue weighted by Crippen LogP contribution is 2.42. The summed E-state index contributed by atoms with van der Waals surface area (Å²) in [4.78, 5) is 11.7. The molecule has 0 saturated carbocycles. The zero-order valence-corrected chi connectivity index (χ0v) is 11.9. The van der Waals surface area contributed by atoms with E-state index in [-0.39, 0.29) is 22.4 Å². The number of carbonyl (C=O) groups is 1. The summed E-state index contributed by atoms with van der Waals surface area (Å²) < 4.78 is 37.0. The molecule has 18 heavy (non-hydrogen) atoms. The van der Waals surface area contributed by atoms with Crippen LogP contribution in [0.2, 0.25) is 0 Å². The molecular formula is C11H10ClF3OS2. The van der Waals surface area contributed by atoms with Crippen LogP contribution in [0.5, 0.6) is 0 Å². The van der Waals surface area contributed by atoms with E-state index < -0.39 is 10.9 Å². The first kappa shape index (κ1) is 15.7. The van der Waals surface area contributed by atoms with Crippen LogP contribution < -0.4 is 0 Å². The highest BCUT2D eigenvalue weighted by molar-refractivity contribution is 8.02. The van der Waals surface area contributed by atoms with Gasteiger partial charge < -0.3 is 0 Å². The van der Waals surface area contributed by atoms with Gasteiger partial charge in [-0.3, -0.25) is 4.79 Å². The summed E-state index contributed by atoms with van der Waals surface area (Å²) in [6, 6.07) is 4.32. The maximum atomic E-state index is 12.3. The van der Waals surface area contributed by atoms with Crippen LogP contribution in [0.3, 0.4) is 0 Å². The fourth-order valence-electron chi connectivity index (χ4n) is 1.29. The van der Waals surface area contributed by atoms with Gasteiger partial charge in [-0.1, -0.05) is 6.07 Å². The topological polar surface area (TPSA) is 17.1 Å². The third-order valence-corrected chi connectivity index (χ3v) is 4.34. The van der Waals surface area contributed by atoms with Gasteiger partial charge in [0, 0.05) is 9.79 Å². The molecule has 7 heteroatoms. The van der Waals surface area contributed by atoms with E-state index in [1.165, 1.54) is 36.9 Å². The van der Waals surface area contributed by atoms with E-state index in [2.05, 4.69) is 0 Å². The van der Waals surface area contributed by atoms with Gasteiger partial charge in [0.15, 0.2) is 5.78 Å². The second-order valence-electron chi connectivity index (χ2n) is 3.43. The number of ketones is 1. The van der Waals surface area contributed by atoms with Crippen LogP contribution in [-0.4, -0.2) is 17.5 Å². The number of rotatable bonds is 4. The lowest BCUT2D eigenvalue weighted by atomic mass is 10.1. The second kappa shape index (κ2) is 6.21. The average molecular weight is 315 g/mol. The van der Waals surface area contributed by atoms with Crippen LogP contribution in [0.4, 0.5) is 13.2 Å². The van der Waals surface area contributed by atoms with Crippen molar-refractivity contribution in [3.05, 3.63) is 23.8 Å². The molecule has 1 unspecified atom stereocenters. The Morgan fingerprint density at radius 3 is 2.39 bits per heavy atom. The van der Waals surface area contributed by atoms with Gasteiger partial charge in [-0.05, 0) is 42.6 Å². The fourth-order valence-corrected chi connectivity index (χ4v) is 2.86. The number of thioether (sulfide) groups is 2. The van der Waals surface area contributed by atoms with E-state index in [0.29, 0.717) is 10.5 Å². The predicted molar refractivity (Wildman–Crippen MR) is 69.4 cm³/mol. The van der Waals surface area contributed by atoms with Gasteiger partial charge in [0.05, 0.1) is 0 Å². The Morgan fingerprint density at radius 2 is 1.94 bits per heavy atom. The first-order chi connectivity index (χ1) is 8.24. The van der Waals surface area contributed by atoms with Crippen LogP contribution in [0.15, 0.2) is 28.0 Å². The SMILES string of the molecule is CSc1cc(C(Cl)C(C)=O)ccc1SC(F)(F)F. The van der Waals surface area contributed by atoms with E-state index in [9.17, 15) is 18.0 Å². The molecule has 1 atom stereocenters. The van der Waals surface area contributed by atoms with E-state index in [0.717, 1.165) is 0 Å². The van der Waals surface area contributed by atoms with Crippen molar-refractivity contribution in [2.75, 3.05) is 6.26 Å². The van der Waals surface area contributed by atoms with Crippen molar-refractivity contribution >= 4 is 40.9 Å². The smallest absolute Gasteiger partial charge is 0.298 e. The Morgan fingerprint density at radius 1 is 1.33 bits per heavy atom. The Bertz CT molecular complexity index is 448. The van der Waals surface area contributed by atoms with E-state index in [4.69, 9.17) is 11.6 Å². The molecule has 0 aliphatic rings. The lowest BCUT2D eigenvalue weighted by Crippen LogP contribution is -2.03. The Labute approximate surface area is 116 Å². The van der Waals surface area contributed by atoms with Gasteiger partial charge >= 0.3 is 5.51 Å². The fraction of sp³-hybridized carbons (Fsp3) is 0.364. The summed E-state index contributed by atoms with van der Waals surface area (Å²) >= 11 is 6.89. The summed E-state index contributed by atoms with van der Waals surface area (Å²) in [6.45, 7) is 1.34. The molecule has 0 saturated heterocycles. The summed E-state index contributed by atoms with van der Waals surface area (Å²) in [5, 5.41) is -0.819. The standard InChI is InChI=1S/C11H10ClF3OS2/c1-6(16)10(12)7-3-4-8(9(5-7)17-2)18-11(13,14)15/h3-5,10H,1-2H3. The minimum absolute atomic E-state index is 0.117. The highest BCUT2D eigenvalue weighted by atomic mass is 35.5. The molecule has 0 spiro atoms.